The van der Waals surface area contributed by atoms with Crippen molar-refractivity contribution in [3.05, 3.63) is 67.1 Å². The Morgan fingerprint density at radius 3 is 2.59 bits per heavy atom. The van der Waals surface area contributed by atoms with Crippen LogP contribution in [0.25, 0.3) is 12.2 Å². The summed E-state index contributed by atoms with van der Waals surface area (Å²) in [6, 6.07) is 5.81. The zero-order valence-corrected chi connectivity index (χ0v) is 12.5. The molecule has 2 aromatic rings. The molecule has 22 heavy (non-hydrogen) atoms. The molecule has 4 nitrogen and oxygen atoms in total. The van der Waals surface area contributed by atoms with Gasteiger partial charge < -0.3 is 0 Å². The van der Waals surface area contributed by atoms with Crippen molar-refractivity contribution >= 4 is 12.2 Å². The Kier molecular flexibility index (Phi) is 3.56. The van der Waals surface area contributed by atoms with Crippen molar-refractivity contribution in [3.63, 3.8) is 0 Å². The first-order chi connectivity index (χ1) is 10.5. The van der Waals surface area contributed by atoms with Crippen LogP contribution < -0.4 is 21.8 Å². The minimum Gasteiger partial charge on any atom is -0.297 e. The second-order valence-electron chi connectivity index (χ2n) is 5.74. The highest BCUT2D eigenvalue weighted by atomic mass is 19.1. The van der Waals surface area contributed by atoms with E-state index in [0.29, 0.717) is 16.1 Å². The van der Waals surface area contributed by atoms with Gasteiger partial charge in [-0.2, -0.15) is 0 Å². The van der Waals surface area contributed by atoms with E-state index in [2.05, 4.69) is 0 Å². The van der Waals surface area contributed by atoms with E-state index in [1.165, 1.54) is 21.3 Å². The minimum absolute atomic E-state index is 0.140. The third kappa shape index (κ3) is 2.43. The molecule has 1 aromatic heterocycles. The molecule has 5 heteroatoms. The second kappa shape index (κ2) is 5.40. The van der Waals surface area contributed by atoms with E-state index in [1.54, 1.807) is 19.2 Å². The lowest BCUT2D eigenvalue weighted by Crippen LogP contribution is -2.58. The predicted octanol–water partition coefficient (Wildman–Crippen LogP) is 0.335. The maximum absolute atomic E-state index is 13.0. The van der Waals surface area contributed by atoms with Crippen molar-refractivity contribution in [2.75, 3.05) is 0 Å². The van der Waals surface area contributed by atoms with E-state index in [0.717, 1.165) is 6.42 Å². The molecule has 1 atom stereocenters. The number of halogens is 1. The second-order valence-corrected chi connectivity index (χ2v) is 5.74. The summed E-state index contributed by atoms with van der Waals surface area (Å²) in [7, 11) is 1.67. The van der Waals surface area contributed by atoms with Gasteiger partial charge in [-0.3, -0.25) is 13.9 Å². The lowest BCUT2D eigenvalue weighted by molar-refractivity contribution is 0.607. The van der Waals surface area contributed by atoms with Crippen molar-refractivity contribution in [1.82, 2.24) is 9.13 Å². The number of fused-ring (bicyclic) bond motifs is 1. The average Bonchev–Trinajstić information content (AvgIpc) is 2.51. The number of rotatable bonds is 2. The van der Waals surface area contributed by atoms with Crippen LogP contribution in [0, 0.1) is 11.7 Å². The van der Waals surface area contributed by atoms with E-state index < -0.39 is 0 Å². The summed E-state index contributed by atoms with van der Waals surface area (Å²) >= 11 is 0. The molecule has 0 spiro atoms. The Bertz CT molecular complexity index is 952. The summed E-state index contributed by atoms with van der Waals surface area (Å²) in [6.07, 6.45) is 4.67. The maximum atomic E-state index is 13.0. The Morgan fingerprint density at radius 2 is 1.91 bits per heavy atom. The summed E-state index contributed by atoms with van der Waals surface area (Å²) in [5.41, 5.74) is 0.0749. The monoisotopic (exact) mass is 300 g/mol. The van der Waals surface area contributed by atoms with E-state index >= 15 is 0 Å². The van der Waals surface area contributed by atoms with Gasteiger partial charge in [-0.05, 0) is 30.0 Å². The molecule has 0 aliphatic heterocycles. The van der Waals surface area contributed by atoms with Crippen LogP contribution in [0.5, 0.6) is 0 Å². The van der Waals surface area contributed by atoms with Gasteiger partial charge in [-0.1, -0.05) is 31.2 Å². The quantitative estimate of drug-likeness (QED) is 0.802. The zero-order valence-electron chi connectivity index (χ0n) is 12.5. The fraction of sp³-hybridized carbons (Fsp3) is 0.294. The molecule has 1 aliphatic carbocycles. The van der Waals surface area contributed by atoms with Crippen molar-refractivity contribution in [3.8, 4) is 0 Å². The smallest absolute Gasteiger partial charge is 0.297 e. The molecule has 1 heterocycles. The normalized spacial score (nSPS) is 16.6. The Hall–Kier alpha value is -2.43. The standard InChI is InChI=1S/C17H17FN2O2/c1-11-3-8-15-14(9-11)16(21)20(17(22)19(15)2)10-12-4-6-13(18)7-5-12/h4-9,11H,3,10H2,1-2H3. The van der Waals surface area contributed by atoms with Crippen LogP contribution in [0.3, 0.4) is 0 Å². The highest BCUT2D eigenvalue weighted by molar-refractivity contribution is 5.37. The minimum atomic E-state index is -0.354. The number of hydrogen-bond donors (Lipinski definition) is 0. The molecule has 0 bridgehead atoms. The number of benzene rings is 1. The Labute approximate surface area is 126 Å². The molecule has 0 radical (unpaired) electrons. The number of nitrogens with zero attached hydrogens (tertiary/aromatic N) is 2. The van der Waals surface area contributed by atoms with Gasteiger partial charge in [-0.15, -0.1) is 0 Å². The van der Waals surface area contributed by atoms with E-state index in [-0.39, 0.29) is 29.5 Å². The SMILES string of the molecule is CC1C=c2c(n(C)c(=O)n(Cc3ccc(F)cc3)c2=O)=CC1. The molecule has 114 valence electrons. The van der Waals surface area contributed by atoms with E-state index in [9.17, 15) is 14.0 Å². The molecular weight excluding hydrogens is 283 g/mol. The van der Waals surface area contributed by atoms with Gasteiger partial charge in [-0.25, -0.2) is 9.18 Å². The van der Waals surface area contributed by atoms with Crippen molar-refractivity contribution < 1.29 is 4.39 Å². The lowest BCUT2D eigenvalue weighted by atomic mass is 10.0. The van der Waals surface area contributed by atoms with Gasteiger partial charge in [0.25, 0.3) is 5.56 Å². The lowest BCUT2D eigenvalue weighted by Gasteiger charge is -2.13. The summed E-state index contributed by atoms with van der Waals surface area (Å²) in [4.78, 5) is 25.1. The molecule has 1 unspecified atom stereocenters. The van der Waals surface area contributed by atoms with Crippen LogP contribution in [0.15, 0.2) is 33.9 Å². The van der Waals surface area contributed by atoms with Crippen molar-refractivity contribution in [2.45, 2.75) is 19.9 Å². The van der Waals surface area contributed by atoms with Crippen LogP contribution in [0.4, 0.5) is 4.39 Å². The number of hydrogen-bond acceptors (Lipinski definition) is 2. The van der Waals surface area contributed by atoms with Gasteiger partial charge in [0.1, 0.15) is 5.82 Å². The summed E-state index contributed by atoms with van der Waals surface area (Å²) in [5.74, 6) is -0.0665. The Morgan fingerprint density at radius 1 is 1.23 bits per heavy atom. The van der Waals surface area contributed by atoms with Crippen molar-refractivity contribution in [2.24, 2.45) is 13.0 Å². The summed E-state index contributed by atoms with van der Waals surface area (Å²) in [5, 5.41) is 1.26. The highest BCUT2D eigenvalue weighted by Gasteiger charge is 2.12. The van der Waals surface area contributed by atoms with Crippen LogP contribution in [0.2, 0.25) is 0 Å². The average molecular weight is 300 g/mol. The number of aromatic nitrogens is 2. The maximum Gasteiger partial charge on any atom is 0.331 e. The largest absolute Gasteiger partial charge is 0.331 e. The molecule has 3 rings (SSSR count). The molecule has 0 amide bonds. The van der Waals surface area contributed by atoms with Gasteiger partial charge in [0.15, 0.2) is 0 Å². The predicted molar refractivity (Wildman–Crippen MR) is 83.4 cm³/mol. The Balaban J connectivity index is 2.22. The molecule has 0 saturated carbocycles. The van der Waals surface area contributed by atoms with Crippen LogP contribution >= 0.6 is 0 Å². The molecule has 1 aromatic carbocycles. The third-order valence-corrected chi connectivity index (χ3v) is 4.02. The van der Waals surface area contributed by atoms with Crippen molar-refractivity contribution in [1.29, 1.82) is 0 Å². The molecule has 0 N–H and O–H groups in total. The summed E-state index contributed by atoms with van der Waals surface area (Å²) < 4.78 is 15.7. The molecular formula is C17H17FN2O2. The fourth-order valence-corrected chi connectivity index (χ4v) is 2.77. The third-order valence-electron chi connectivity index (χ3n) is 4.02. The van der Waals surface area contributed by atoms with Crippen LogP contribution in [-0.2, 0) is 13.6 Å². The van der Waals surface area contributed by atoms with Gasteiger partial charge in [0.05, 0.1) is 17.1 Å². The molecule has 0 saturated heterocycles. The van der Waals surface area contributed by atoms with Gasteiger partial charge in [0, 0.05) is 7.05 Å². The molecule has 1 aliphatic rings. The van der Waals surface area contributed by atoms with Gasteiger partial charge >= 0.3 is 5.69 Å². The first-order valence-electron chi connectivity index (χ1n) is 7.23. The molecule has 0 fully saturated rings. The zero-order chi connectivity index (χ0) is 15.9. The summed E-state index contributed by atoms with van der Waals surface area (Å²) in [6.45, 7) is 2.18. The van der Waals surface area contributed by atoms with Crippen LogP contribution in [-0.4, -0.2) is 9.13 Å². The topological polar surface area (TPSA) is 44.0 Å². The van der Waals surface area contributed by atoms with Gasteiger partial charge in [0.2, 0.25) is 0 Å². The van der Waals surface area contributed by atoms with E-state index in [4.69, 9.17) is 0 Å². The first kappa shape index (κ1) is 14.5. The van der Waals surface area contributed by atoms with E-state index in [1.807, 2.05) is 19.1 Å². The van der Waals surface area contributed by atoms with Crippen LogP contribution in [0.1, 0.15) is 18.9 Å². The first-order valence-corrected chi connectivity index (χ1v) is 7.23. The highest BCUT2D eigenvalue weighted by Crippen LogP contribution is 2.05. The fourth-order valence-electron chi connectivity index (χ4n) is 2.77.